The summed E-state index contributed by atoms with van der Waals surface area (Å²) in [6, 6.07) is 0. The SMILES string of the molecule is CSCCN(C)c1nc(Cl)ncc1F. The average molecular weight is 236 g/mol. The van der Waals surface area contributed by atoms with E-state index in [1.54, 1.807) is 23.7 Å². The van der Waals surface area contributed by atoms with Gasteiger partial charge in [-0.15, -0.1) is 0 Å². The van der Waals surface area contributed by atoms with Crippen LogP contribution in [0.1, 0.15) is 0 Å². The van der Waals surface area contributed by atoms with Gasteiger partial charge >= 0.3 is 0 Å². The molecule has 1 heterocycles. The lowest BCUT2D eigenvalue weighted by atomic mass is 10.5. The number of hydrogen-bond donors (Lipinski definition) is 0. The van der Waals surface area contributed by atoms with Crippen LogP contribution in [-0.2, 0) is 0 Å². The molecule has 0 fully saturated rings. The predicted octanol–water partition coefficient (Wildman–Crippen LogP) is 2.07. The fourth-order valence-corrected chi connectivity index (χ4v) is 1.52. The Morgan fingerprint density at radius 2 is 2.36 bits per heavy atom. The molecule has 0 atom stereocenters. The maximum absolute atomic E-state index is 13.2. The molecule has 6 heteroatoms. The summed E-state index contributed by atoms with van der Waals surface area (Å²) < 4.78 is 13.2. The molecule has 0 aliphatic heterocycles. The van der Waals surface area contributed by atoms with E-state index in [0.29, 0.717) is 0 Å². The first-order valence-electron chi connectivity index (χ1n) is 4.03. The molecule has 0 N–H and O–H groups in total. The standard InChI is InChI=1S/C8H11ClFN3S/c1-13(3-4-14-2)7-6(10)5-11-8(9)12-7/h5H,3-4H2,1-2H3. The molecule has 0 saturated heterocycles. The molecule has 0 aliphatic carbocycles. The summed E-state index contributed by atoms with van der Waals surface area (Å²) in [6.07, 6.45) is 3.08. The van der Waals surface area contributed by atoms with E-state index < -0.39 is 5.82 Å². The van der Waals surface area contributed by atoms with Gasteiger partial charge in [0.2, 0.25) is 5.28 Å². The minimum absolute atomic E-state index is 0.0670. The van der Waals surface area contributed by atoms with Crippen molar-refractivity contribution in [3.63, 3.8) is 0 Å². The average Bonchev–Trinajstić information content (AvgIpc) is 2.18. The Hall–Kier alpha value is -0.550. The monoisotopic (exact) mass is 235 g/mol. The third-order valence-electron chi connectivity index (χ3n) is 1.69. The van der Waals surface area contributed by atoms with Gasteiger partial charge in [0.1, 0.15) is 0 Å². The van der Waals surface area contributed by atoms with Crippen molar-refractivity contribution in [1.29, 1.82) is 0 Å². The molecular weight excluding hydrogens is 225 g/mol. The van der Waals surface area contributed by atoms with Crippen LogP contribution in [0.2, 0.25) is 5.28 Å². The van der Waals surface area contributed by atoms with Gasteiger partial charge in [0, 0.05) is 19.3 Å². The van der Waals surface area contributed by atoms with Gasteiger partial charge in [-0.05, 0) is 17.9 Å². The summed E-state index contributed by atoms with van der Waals surface area (Å²) in [7, 11) is 1.78. The molecule has 0 bridgehead atoms. The van der Waals surface area contributed by atoms with Crippen molar-refractivity contribution in [2.75, 3.05) is 30.5 Å². The van der Waals surface area contributed by atoms with Crippen LogP contribution in [0.5, 0.6) is 0 Å². The summed E-state index contributed by atoms with van der Waals surface area (Å²) in [6.45, 7) is 0.728. The number of aromatic nitrogens is 2. The lowest BCUT2D eigenvalue weighted by Crippen LogP contribution is -2.22. The maximum Gasteiger partial charge on any atom is 0.224 e. The fraction of sp³-hybridized carbons (Fsp3) is 0.500. The van der Waals surface area contributed by atoms with Gasteiger partial charge in [0.25, 0.3) is 0 Å². The second-order valence-corrected chi connectivity index (χ2v) is 4.05. The molecular formula is C8H11ClFN3S. The van der Waals surface area contributed by atoms with Crippen molar-refractivity contribution in [2.24, 2.45) is 0 Å². The Bertz CT molecular complexity index is 311. The Morgan fingerprint density at radius 3 is 3.00 bits per heavy atom. The van der Waals surface area contributed by atoms with Crippen LogP contribution in [0.25, 0.3) is 0 Å². The van der Waals surface area contributed by atoms with Crippen molar-refractivity contribution in [3.8, 4) is 0 Å². The zero-order valence-electron chi connectivity index (χ0n) is 8.00. The van der Waals surface area contributed by atoms with Crippen molar-refractivity contribution < 1.29 is 4.39 Å². The van der Waals surface area contributed by atoms with Crippen molar-refractivity contribution >= 4 is 29.2 Å². The summed E-state index contributed by atoms with van der Waals surface area (Å²) in [4.78, 5) is 9.09. The van der Waals surface area contributed by atoms with Gasteiger partial charge in [-0.3, -0.25) is 0 Å². The Kier molecular flexibility index (Phi) is 4.41. The van der Waals surface area contributed by atoms with Crippen LogP contribution in [0.3, 0.4) is 0 Å². The highest BCUT2D eigenvalue weighted by molar-refractivity contribution is 7.98. The molecule has 1 rings (SSSR count). The topological polar surface area (TPSA) is 29.0 Å². The largest absolute Gasteiger partial charge is 0.356 e. The molecule has 3 nitrogen and oxygen atoms in total. The number of hydrogen-bond acceptors (Lipinski definition) is 4. The first kappa shape index (κ1) is 11.5. The van der Waals surface area contributed by atoms with E-state index >= 15 is 0 Å². The van der Waals surface area contributed by atoms with Gasteiger partial charge in [0.15, 0.2) is 11.6 Å². The number of anilines is 1. The number of thioether (sulfide) groups is 1. The highest BCUT2D eigenvalue weighted by atomic mass is 35.5. The van der Waals surface area contributed by atoms with Gasteiger partial charge in [0.05, 0.1) is 6.20 Å². The molecule has 0 spiro atoms. The molecule has 0 saturated carbocycles. The first-order chi connectivity index (χ1) is 6.65. The smallest absolute Gasteiger partial charge is 0.224 e. The number of rotatable bonds is 4. The minimum Gasteiger partial charge on any atom is -0.356 e. The fourth-order valence-electron chi connectivity index (χ4n) is 0.939. The molecule has 0 aliphatic rings. The molecule has 0 amide bonds. The zero-order valence-corrected chi connectivity index (χ0v) is 9.57. The Balaban J connectivity index is 2.77. The summed E-state index contributed by atoms with van der Waals surface area (Å²) in [5.41, 5.74) is 0. The minimum atomic E-state index is -0.446. The molecule has 78 valence electrons. The lowest BCUT2D eigenvalue weighted by molar-refractivity contribution is 0.609. The van der Waals surface area contributed by atoms with Gasteiger partial charge in [-0.25, -0.2) is 9.37 Å². The summed E-state index contributed by atoms with van der Waals surface area (Å²) in [5.74, 6) is 0.717. The van der Waals surface area contributed by atoms with E-state index in [2.05, 4.69) is 9.97 Å². The van der Waals surface area contributed by atoms with Crippen LogP contribution in [-0.4, -0.2) is 35.6 Å². The van der Waals surface area contributed by atoms with Crippen LogP contribution >= 0.6 is 23.4 Å². The van der Waals surface area contributed by atoms with Crippen molar-refractivity contribution in [2.45, 2.75) is 0 Å². The van der Waals surface area contributed by atoms with Crippen molar-refractivity contribution in [1.82, 2.24) is 9.97 Å². The second-order valence-electron chi connectivity index (χ2n) is 2.72. The highest BCUT2D eigenvalue weighted by Crippen LogP contribution is 2.15. The van der Waals surface area contributed by atoms with E-state index in [0.717, 1.165) is 18.5 Å². The van der Waals surface area contributed by atoms with Crippen molar-refractivity contribution in [3.05, 3.63) is 17.3 Å². The molecule has 14 heavy (non-hydrogen) atoms. The molecule has 0 aromatic carbocycles. The maximum atomic E-state index is 13.2. The van der Waals surface area contributed by atoms with Gasteiger partial charge < -0.3 is 4.90 Å². The number of halogens is 2. The first-order valence-corrected chi connectivity index (χ1v) is 5.80. The van der Waals surface area contributed by atoms with Crippen LogP contribution in [0, 0.1) is 5.82 Å². The van der Waals surface area contributed by atoms with E-state index in [4.69, 9.17) is 11.6 Å². The lowest BCUT2D eigenvalue weighted by Gasteiger charge is -2.17. The predicted molar refractivity (Wildman–Crippen MR) is 58.7 cm³/mol. The molecule has 0 radical (unpaired) electrons. The van der Waals surface area contributed by atoms with Gasteiger partial charge in [-0.2, -0.15) is 16.7 Å². The van der Waals surface area contributed by atoms with Gasteiger partial charge in [-0.1, -0.05) is 0 Å². The van der Waals surface area contributed by atoms with E-state index in [1.165, 1.54) is 0 Å². The molecule has 1 aromatic rings. The molecule has 1 aromatic heterocycles. The highest BCUT2D eigenvalue weighted by Gasteiger charge is 2.10. The Labute approximate surface area is 91.7 Å². The normalized spacial score (nSPS) is 10.3. The quantitative estimate of drug-likeness (QED) is 0.748. The van der Waals surface area contributed by atoms with E-state index in [9.17, 15) is 4.39 Å². The zero-order chi connectivity index (χ0) is 10.6. The number of nitrogens with zero attached hydrogens (tertiary/aromatic N) is 3. The summed E-state index contributed by atoms with van der Waals surface area (Å²) >= 11 is 7.27. The Morgan fingerprint density at radius 1 is 1.64 bits per heavy atom. The third-order valence-corrected chi connectivity index (χ3v) is 2.46. The second kappa shape index (κ2) is 5.36. The third kappa shape index (κ3) is 2.99. The van der Waals surface area contributed by atoms with Crippen LogP contribution in [0.15, 0.2) is 6.20 Å². The summed E-state index contributed by atoms with van der Waals surface area (Å²) in [5, 5.41) is 0.0670. The molecule has 0 unspecified atom stereocenters. The van der Waals surface area contributed by atoms with E-state index in [-0.39, 0.29) is 11.1 Å². The van der Waals surface area contributed by atoms with E-state index in [1.807, 2.05) is 6.26 Å². The van der Waals surface area contributed by atoms with Crippen LogP contribution < -0.4 is 4.90 Å². The van der Waals surface area contributed by atoms with Crippen LogP contribution in [0.4, 0.5) is 10.2 Å².